The van der Waals surface area contributed by atoms with E-state index >= 15 is 0 Å². The van der Waals surface area contributed by atoms with E-state index < -0.39 is 6.10 Å². The van der Waals surface area contributed by atoms with Gasteiger partial charge in [-0.1, -0.05) is 13.3 Å². The molecule has 3 N–H and O–H groups in total. The highest BCUT2D eigenvalue weighted by Crippen LogP contribution is 2.49. The quantitative estimate of drug-likeness (QED) is 0.828. The number of rotatable bonds is 3. The van der Waals surface area contributed by atoms with Crippen LogP contribution in [0.3, 0.4) is 0 Å². The molecule has 0 bridgehead atoms. The summed E-state index contributed by atoms with van der Waals surface area (Å²) in [6, 6.07) is 0. The normalized spacial score (nSPS) is 33.1. The number of hydrogen-bond donors (Lipinski definition) is 2. The third kappa shape index (κ3) is 1.94. The zero-order valence-electron chi connectivity index (χ0n) is 9.02. The van der Waals surface area contributed by atoms with E-state index in [9.17, 15) is 5.11 Å². The highest BCUT2D eigenvalue weighted by Gasteiger charge is 2.43. The first-order valence-electron chi connectivity index (χ1n) is 5.44. The van der Waals surface area contributed by atoms with Gasteiger partial charge in [0.25, 0.3) is 0 Å². The van der Waals surface area contributed by atoms with Crippen LogP contribution in [0.2, 0.25) is 0 Å². The number of hydrogen-bond acceptors (Lipinski definition) is 4. The fourth-order valence-corrected chi connectivity index (χ4v) is 3.38. The van der Waals surface area contributed by atoms with Crippen LogP contribution in [-0.4, -0.2) is 16.6 Å². The lowest BCUT2D eigenvalue weighted by Crippen LogP contribution is -2.34. The van der Waals surface area contributed by atoms with E-state index in [1.165, 1.54) is 17.8 Å². The Morgan fingerprint density at radius 1 is 1.80 bits per heavy atom. The zero-order chi connectivity index (χ0) is 10.9. The Morgan fingerprint density at radius 2 is 2.60 bits per heavy atom. The minimum atomic E-state index is -0.431. The van der Waals surface area contributed by atoms with Crippen LogP contribution in [-0.2, 0) is 0 Å². The van der Waals surface area contributed by atoms with Gasteiger partial charge < -0.3 is 10.8 Å². The maximum absolute atomic E-state index is 10.4. The Balaban J connectivity index is 2.20. The van der Waals surface area contributed by atoms with Gasteiger partial charge in [0.05, 0.1) is 16.5 Å². The number of thiazole rings is 1. The summed E-state index contributed by atoms with van der Waals surface area (Å²) in [7, 11) is 0. The van der Waals surface area contributed by atoms with Gasteiger partial charge in [-0.2, -0.15) is 0 Å². The molecule has 2 rings (SSSR count). The molecule has 4 heteroatoms. The van der Waals surface area contributed by atoms with Gasteiger partial charge in [0.1, 0.15) is 0 Å². The first kappa shape index (κ1) is 11.0. The van der Waals surface area contributed by atoms with Crippen molar-refractivity contribution in [2.45, 2.75) is 32.3 Å². The summed E-state index contributed by atoms with van der Waals surface area (Å²) in [6.45, 7) is 2.80. The van der Waals surface area contributed by atoms with E-state index in [0.717, 1.165) is 17.7 Å². The molecule has 0 aromatic carbocycles. The molecule has 84 valence electrons. The highest BCUT2D eigenvalue weighted by atomic mass is 32.1. The summed E-state index contributed by atoms with van der Waals surface area (Å²) >= 11 is 1.52. The second-order valence-corrected chi connectivity index (χ2v) is 5.64. The topological polar surface area (TPSA) is 59.1 Å². The number of nitrogens with two attached hydrogens (primary N) is 1. The first-order valence-corrected chi connectivity index (χ1v) is 6.32. The summed E-state index contributed by atoms with van der Waals surface area (Å²) in [6.07, 6.45) is 4.56. The van der Waals surface area contributed by atoms with E-state index in [0.29, 0.717) is 12.5 Å². The SMILES string of the molecule is CC1CCC(CN)(C(O)c2cncs2)C1. The molecule has 1 aliphatic carbocycles. The van der Waals surface area contributed by atoms with Crippen LogP contribution in [0.15, 0.2) is 11.7 Å². The molecule has 1 heterocycles. The summed E-state index contributed by atoms with van der Waals surface area (Å²) < 4.78 is 0. The maximum atomic E-state index is 10.4. The maximum Gasteiger partial charge on any atom is 0.0966 e. The molecule has 1 aromatic heterocycles. The summed E-state index contributed by atoms with van der Waals surface area (Å²) in [5, 5.41) is 10.4. The van der Waals surface area contributed by atoms with Crippen LogP contribution in [0.5, 0.6) is 0 Å². The van der Waals surface area contributed by atoms with Gasteiger partial charge in [0.2, 0.25) is 0 Å². The largest absolute Gasteiger partial charge is 0.387 e. The minimum Gasteiger partial charge on any atom is -0.387 e. The Morgan fingerprint density at radius 3 is 3.07 bits per heavy atom. The Labute approximate surface area is 94.3 Å². The van der Waals surface area contributed by atoms with Gasteiger partial charge in [-0.05, 0) is 18.8 Å². The minimum absolute atomic E-state index is 0.105. The van der Waals surface area contributed by atoms with Crippen molar-refractivity contribution in [3.63, 3.8) is 0 Å². The van der Waals surface area contributed by atoms with Crippen molar-refractivity contribution in [3.05, 3.63) is 16.6 Å². The lowest BCUT2D eigenvalue weighted by atomic mass is 9.79. The second-order valence-electron chi connectivity index (χ2n) is 4.72. The first-order chi connectivity index (χ1) is 7.18. The van der Waals surface area contributed by atoms with Crippen molar-refractivity contribution < 1.29 is 5.11 Å². The Hall–Kier alpha value is -0.450. The summed E-state index contributed by atoms with van der Waals surface area (Å²) in [5.41, 5.74) is 7.52. The molecule has 0 spiro atoms. The van der Waals surface area contributed by atoms with E-state index in [1.54, 1.807) is 11.7 Å². The van der Waals surface area contributed by atoms with Crippen molar-refractivity contribution in [3.8, 4) is 0 Å². The fraction of sp³-hybridized carbons (Fsp3) is 0.727. The van der Waals surface area contributed by atoms with E-state index in [-0.39, 0.29) is 5.41 Å². The Kier molecular flexibility index (Phi) is 3.09. The standard InChI is InChI=1S/C11H18N2OS/c1-8-2-3-11(4-8,6-12)10(14)9-5-13-7-15-9/h5,7-8,10,14H,2-4,6,12H2,1H3. The van der Waals surface area contributed by atoms with Crippen molar-refractivity contribution >= 4 is 11.3 Å². The monoisotopic (exact) mass is 226 g/mol. The number of nitrogens with zero attached hydrogens (tertiary/aromatic N) is 1. The van der Waals surface area contributed by atoms with Gasteiger partial charge in [0, 0.05) is 18.2 Å². The molecule has 1 saturated carbocycles. The number of aliphatic hydroxyl groups excluding tert-OH is 1. The number of aromatic nitrogens is 1. The second kappa shape index (κ2) is 4.20. The van der Waals surface area contributed by atoms with Gasteiger partial charge in [-0.15, -0.1) is 11.3 Å². The molecule has 1 fully saturated rings. The summed E-state index contributed by atoms with van der Waals surface area (Å²) in [4.78, 5) is 4.97. The average Bonchev–Trinajstić information content (AvgIpc) is 2.86. The predicted octanol–water partition coefficient (Wildman–Crippen LogP) is 1.94. The molecular weight excluding hydrogens is 208 g/mol. The number of aliphatic hydroxyl groups is 1. The van der Waals surface area contributed by atoms with E-state index in [4.69, 9.17) is 5.73 Å². The molecule has 3 atom stereocenters. The van der Waals surface area contributed by atoms with Gasteiger partial charge in [0.15, 0.2) is 0 Å². The molecular formula is C11H18N2OS. The highest BCUT2D eigenvalue weighted by molar-refractivity contribution is 7.09. The zero-order valence-corrected chi connectivity index (χ0v) is 9.83. The van der Waals surface area contributed by atoms with Crippen LogP contribution in [0.25, 0.3) is 0 Å². The van der Waals surface area contributed by atoms with Crippen molar-refractivity contribution in [2.75, 3.05) is 6.54 Å². The van der Waals surface area contributed by atoms with Crippen LogP contribution >= 0.6 is 11.3 Å². The lowest BCUT2D eigenvalue weighted by molar-refractivity contribution is 0.0334. The van der Waals surface area contributed by atoms with E-state index in [2.05, 4.69) is 11.9 Å². The molecule has 1 aromatic rings. The molecule has 0 radical (unpaired) electrons. The molecule has 0 amide bonds. The predicted molar refractivity (Wildman–Crippen MR) is 61.6 cm³/mol. The van der Waals surface area contributed by atoms with Crippen LogP contribution in [0.4, 0.5) is 0 Å². The van der Waals surface area contributed by atoms with Gasteiger partial charge in [-0.3, -0.25) is 4.98 Å². The molecule has 3 nitrogen and oxygen atoms in total. The average molecular weight is 226 g/mol. The Bertz CT molecular complexity index is 314. The molecule has 15 heavy (non-hydrogen) atoms. The third-order valence-electron chi connectivity index (χ3n) is 3.60. The smallest absolute Gasteiger partial charge is 0.0966 e. The third-order valence-corrected chi connectivity index (χ3v) is 4.43. The van der Waals surface area contributed by atoms with Gasteiger partial charge >= 0.3 is 0 Å². The van der Waals surface area contributed by atoms with E-state index in [1.807, 2.05) is 0 Å². The molecule has 3 unspecified atom stereocenters. The lowest BCUT2D eigenvalue weighted by Gasteiger charge is -2.32. The summed E-state index contributed by atoms with van der Waals surface area (Å²) in [5.74, 6) is 0.677. The van der Waals surface area contributed by atoms with Crippen LogP contribution in [0.1, 0.15) is 37.2 Å². The van der Waals surface area contributed by atoms with Crippen LogP contribution < -0.4 is 5.73 Å². The van der Waals surface area contributed by atoms with Gasteiger partial charge in [-0.25, -0.2) is 0 Å². The molecule has 0 aliphatic heterocycles. The fourth-order valence-electron chi connectivity index (χ4n) is 2.64. The van der Waals surface area contributed by atoms with Crippen molar-refractivity contribution in [1.82, 2.24) is 4.98 Å². The molecule has 0 saturated heterocycles. The van der Waals surface area contributed by atoms with Crippen molar-refractivity contribution in [2.24, 2.45) is 17.1 Å². The molecule has 1 aliphatic rings. The van der Waals surface area contributed by atoms with Crippen molar-refractivity contribution in [1.29, 1.82) is 0 Å². The van der Waals surface area contributed by atoms with Crippen LogP contribution in [0, 0.1) is 11.3 Å².